The van der Waals surface area contributed by atoms with Crippen molar-refractivity contribution < 1.29 is 0 Å². The molecule has 0 N–H and O–H groups in total. The van der Waals surface area contributed by atoms with Crippen LogP contribution in [0.2, 0.25) is 0 Å². The molecule has 0 nitrogen and oxygen atoms in total. The number of unbranched alkanes of at least 4 members (excludes halogenated alkanes) is 2. The highest BCUT2D eigenvalue weighted by Crippen LogP contribution is 2.29. The van der Waals surface area contributed by atoms with Crippen LogP contribution in [-0.2, 0) is 0 Å². The van der Waals surface area contributed by atoms with E-state index in [-0.39, 0.29) is 0 Å². The van der Waals surface area contributed by atoms with E-state index < -0.39 is 0 Å². The quantitative estimate of drug-likeness (QED) is 0.421. The van der Waals surface area contributed by atoms with Crippen molar-refractivity contribution in [3.63, 3.8) is 0 Å². The molecule has 0 amide bonds. The predicted octanol–water partition coefficient (Wildman–Crippen LogP) is 4.11. The molecule has 64 valence electrons. The van der Waals surface area contributed by atoms with Crippen LogP contribution in [0.15, 0.2) is 0 Å². The van der Waals surface area contributed by atoms with E-state index in [1.54, 1.807) is 0 Å². The number of hydrogen-bond donors (Lipinski definition) is 0. The molecule has 1 fully saturated rings. The highest BCUT2D eigenvalue weighted by molar-refractivity contribution is 4.91. The predicted molar refractivity (Wildman–Crippen MR) is 50.5 cm³/mol. The van der Waals surface area contributed by atoms with Gasteiger partial charge in [0.15, 0.2) is 0 Å². The van der Waals surface area contributed by atoms with Gasteiger partial charge in [0.1, 0.15) is 0 Å². The van der Waals surface area contributed by atoms with Gasteiger partial charge < -0.3 is 0 Å². The van der Waals surface area contributed by atoms with Gasteiger partial charge in [-0.3, -0.25) is 0 Å². The molecule has 0 saturated heterocycles. The van der Waals surface area contributed by atoms with Crippen molar-refractivity contribution >= 4 is 0 Å². The maximum absolute atomic E-state index is 2.28. The summed E-state index contributed by atoms with van der Waals surface area (Å²) in [7, 11) is 0. The Bertz CT molecular complexity index is 80.0. The van der Waals surface area contributed by atoms with Crippen LogP contribution in [0.25, 0.3) is 0 Å². The monoisotopic (exact) mass is 153 g/mol. The first-order valence-electron chi connectivity index (χ1n) is 5.27. The molecule has 0 heterocycles. The Balaban J connectivity index is 1.96. The topological polar surface area (TPSA) is 0 Å². The molecule has 1 rings (SSSR count). The maximum Gasteiger partial charge on any atom is 0.0904 e. The molecule has 0 radical (unpaired) electrons. The van der Waals surface area contributed by atoms with E-state index in [9.17, 15) is 0 Å². The Morgan fingerprint density at radius 2 is 1.73 bits per heavy atom. The average molecular weight is 153 g/mol. The van der Waals surface area contributed by atoms with E-state index in [2.05, 4.69) is 6.92 Å². The molecule has 0 aliphatic heterocycles. The van der Waals surface area contributed by atoms with Crippen molar-refractivity contribution in [2.45, 2.75) is 64.7 Å². The van der Waals surface area contributed by atoms with Crippen LogP contribution in [-0.4, -0.2) is 0 Å². The molecule has 0 bridgehead atoms. The number of hydrogen-bond acceptors (Lipinski definition) is 0. The van der Waals surface area contributed by atoms with Crippen LogP contribution < -0.4 is 0 Å². The maximum atomic E-state index is 2.28. The molecular formula is C11H21+. The Hall–Kier alpha value is -0.130. The van der Waals surface area contributed by atoms with Crippen molar-refractivity contribution in [1.82, 2.24) is 0 Å². The van der Waals surface area contributed by atoms with Crippen LogP contribution in [0, 0.1) is 5.92 Å². The largest absolute Gasteiger partial charge is 0.0904 e. The first-order chi connectivity index (χ1) is 5.43. The van der Waals surface area contributed by atoms with E-state index >= 15 is 0 Å². The lowest BCUT2D eigenvalue weighted by molar-refractivity contribution is 0.491. The fourth-order valence-electron chi connectivity index (χ4n) is 1.93. The smallest absolute Gasteiger partial charge is 0.0654 e. The molecule has 0 aromatic carbocycles. The molecule has 1 aliphatic carbocycles. The van der Waals surface area contributed by atoms with Crippen molar-refractivity contribution in [2.24, 2.45) is 0 Å². The molecule has 0 aromatic heterocycles. The van der Waals surface area contributed by atoms with Gasteiger partial charge in [-0.2, -0.15) is 0 Å². The van der Waals surface area contributed by atoms with Gasteiger partial charge in [0.2, 0.25) is 0 Å². The third-order valence-electron chi connectivity index (χ3n) is 2.69. The fourth-order valence-corrected chi connectivity index (χ4v) is 1.93. The van der Waals surface area contributed by atoms with Crippen molar-refractivity contribution in [3.05, 3.63) is 5.92 Å². The van der Waals surface area contributed by atoms with E-state index in [0.717, 1.165) is 0 Å². The standard InChI is InChI=1S/C11H21/c1-2-3-5-8-11-9-6-4-7-10-11/h2-10H2,1H3/q+1. The molecule has 0 heteroatoms. The van der Waals surface area contributed by atoms with Crippen LogP contribution in [0.3, 0.4) is 0 Å². The Morgan fingerprint density at radius 1 is 1.00 bits per heavy atom. The van der Waals surface area contributed by atoms with Gasteiger partial charge >= 0.3 is 0 Å². The first-order valence-corrected chi connectivity index (χ1v) is 5.27. The lowest BCUT2D eigenvalue weighted by Crippen LogP contribution is -2.03. The van der Waals surface area contributed by atoms with Crippen molar-refractivity contribution in [1.29, 1.82) is 0 Å². The van der Waals surface area contributed by atoms with Gasteiger partial charge in [0, 0.05) is 0 Å². The molecule has 0 unspecified atom stereocenters. The van der Waals surface area contributed by atoms with Crippen molar-refractivity contribution in [3.8, 4) is 0 Å². The Labute approximate surface area is 71.4 Å². The van der Waals surface area contributed by atoms with Crippen LogP contribution in [0.5, 0.6) is 0 Å². The Kier molecular flexibility index (Phi) is 4.49. The van der Waals surface area contributed by atoms with Gasteiger partial charge in [-0.05, 0) is 32.1 Å². The van der Waals surface area contributed by atoms with Crippen LogP contribution in [0.4, 0.5) is 0 Å². The van der Waals surface area contributed by atoms with E-state index in [1.807, 2.05) is 5.92 Å². The van der Waals surface area contributed by atoms with Gasteiger partial charge in [-0.25, -0.2) is 0 Å². The summed E-state index contributed by atoms with van der Waals surface area (Å²) in [5.74, 6) is 1.87. The molecular weight excluding hydrogens is 132 g/mol. The van der Waals surface area contributed by atoms with Crippen LogP contribution >= 0.6 is 0 Å². The summed E-state index contributed by atoms with van der Waals surface area (Å²) in [5.41, 5.74) is 0. The molecule has 1 aliphatic rings. The van der Waals surface area contributed by atoms with Gasteiger partial charge in [0.25, 0.3) is 0 Å². The van der Waals surface area contributed by atoms with E-state index in [4.69, 9.17) is 0 Å². The lowest BCUT2D eigenvalue weighted by Gasteiger charge is -2.11. The normalized spacial score (nSPS) is 18.8. The zero-order chi connectivity index (χ0) is 7.94. The summed E-state index contributed by atoms with van der Waals surface area (Å²) in [4.78, 5) is 0. The van der Waals surface area contributed by atoms with Gasteiger partial charge in [0.05, 0.1) is 25.2 Å². The summed E-state index contributed by atoms with van der Waals surface area (Å²) in [6.45, 7) is 2.28. The van der Waals surface area contributed by atoms with E-state index in [1.165, 1.54) is 57.8 Å². The highest BCUT2D eigenvalue weighted by atomic mass is 14.2. The summed E-state index contributed by atoms with van der Waals surface area (Å²) in [5, 5.41) is 0. The third kappa shape index (κ3) is 3.69. The minimum absolute atomic E-state index is 1.37. The van der Waals surface area contributed by atoms with Crippen LogP contribution in [0.1, 0.15) is 64.7 Å². The second-order valence-electron chi connectivity index (χ2n) is 3.77. The summed E-state index contributed by atoms with van der Waals surface area (Å²) in [6.07, 6.45) is 13.0. The summed E-state index contributed by atoms with van der Waals surface area (Å²) >= 11 is 0. The SMILES string of the molecule is CCCCC[C+]1CCCCC1. The fraction of sp³-hybridized carbons (Fsp3) is 0.909. The second-order valence-corrected chi connectivity index (χ2v) is 3.77. The summed E-state index contributed by atoms with van der Waals surface area (Å²) in [6, 6.07) is 0. The molecule has 1 saturated carbocycles. The molecule has 0 aromatic rings. The summed E-state index contributed by atoms with van der Waals surface area (Å²) < 4.78 is 0. The number of rotatable bonds is 4. The first kappa shape index (κ1) is 8.96. The molecule has 0 atom stereocenters. The Morgan fingerprint density at radius 3 is 2.36 bits per heavy atom. The van der Waals surface area contributed by atoms with E-state index in [0.29, 0.717) is 0 Å². The minimum Gasteiger partial charge on any atom is -0.0654 e. The van der Waals surface area contributed by atoms with Gasteiger partial charge in [-0.1, -0.05) is 13.3 Å². The zero-order valence-electron chi connectivity index (χ0n) is 7.86. The second kappa shape index (κ2) is 5.51. The van der Waals surface area contributed by atoms with Crippen molar-refractivity contribution in [2.75, 3.05) is 0 Å². The van der Waals surface area contributed by atoms with Gasteiger partial charge in [-0.15, -0.1) is 0 Å². The third-order valence-corrected chi connectivity index (χ3v) is 2.69. The molecule has 0 spiro atoms. The lowest BCUT2D eigenvalue weighted by atomic mass is 9.86. The highest BCUT2D eigenvalue weighted by Gasteiger charge is 2.22. The zero-order valence-corrected chi connectivity index (χ0v) is 7.86. The molecule has 11 heavy (non-hydrogen) atoms. The minimum atomic E-state index is 1.37. The average Bonchev–Trinajstić information content (AvgIpc) is 2.07.